The molecule has 2 rings (SSSR count). The lowest BCUT2D eigenvalue weighted by molar-refractivity contribution is 0.460. The van der Waals surface area contributed by atoms with Gasteiger partial charge in [0, 0.05) is 0 Å². The van der Waals surface area contributed by atoms with E-state index in [1.165, 1.54) is 5.56 Å². The highest BCUT2D eigenvalue weighted by Crippen LogP contribution is 2.28. The maximum atomic E-state index is 5.66. The highest BCUT2D eigenvalue weighted by Gasteiger charge is 2.10. The van der Waals surface area contributed by atoms with E-state index in [1.54, 1.807) is 0 Å². The number of aromatic nitrogens is 1. The van der Waals surface area contributed by atoms with E-state index >= 15 is 0 Å². The molecule has 0 saturated carbocycles. The van der Waals surface area contributed by atoms with Crippen LogP contribution in [-0.4, -0.2) is 5.16 Å². The second-order valence-corrected chi connectivity index (χ2v) is 3.84. The summed E-state index contributed by atoms with van der Waals surface area (Å²) in [4.78, 5) is 0. The fourth-order valence-corrected chi connectivity index (χ4v) is 1.99. The van der Waals surface area contributed by atoms with Gasteiger partial charge in [0.05, 0.1) is 5.39 Å². The number of hydrogen-bond donors (Lipinski definition) is 1. The van der Waals surface area contributed by atoms with Crippen LogP contribution in [0.15, 0.2) is 22.7 Å². The first-order valence-electron chi connectivity index (χ1n) is 5.41. The number of fused-ring (bicyclic) bond motifs is 1. The molecule has 3 nitrogen and oxygen atoms in total. The van der Waals surface area contributed by atoms with Crippen molar-refractivity contribution in [2.24, 2.45) is 0 Å². The normalized spacial score (nSPS) is 11.4. The third-order valence-electron chi connectivity index (χ3n) is 2.98. The van der Waals surface area contributed by atoms with Gasteiger partial charge >= 0.3 is 0 Å². The molecule has 0 spiro atoms. The minimum absolute atomic E-state index is 0.473. The summed E-state index contributed by atoms with van der Waals surface area (Å²) < 4.78 is 5.15. The smallest absolute Gasteiger partial charge is 0.174 e. The molecule has 1 aromatic heterocycles. The Hall–Kier alpha value is -1.51. The lowest BCUT2D eigenvalue weighted by atomic mass is 9.93. The summed E-state index contributed by atoms with van der Waals surface area (Å²) >= 11 is 0. The molecule has 0 atom stereocenters. The zero-order valence-corrected chi connectivity index (χ0v) is 9.16. The summed E-state index contributed by atoms with van der Waals surface area (Å²) in [7, 11) is 0. The molecule has 2 aromatic rings. The fourth-order valence-electron chi connectivity index (χ4n) is 1.99. The Labute approximate surface area is 89.2 Å². The van der Waals surface area contributed by atoms with Gasteiger partial charge in [-0.3, -0.25) is 0 Å². The van der Waals surface area contributed by atoms with Crippen molar-refractivity contribution in [3.05, 3.63) is 23.8 Å². The SMILES string of the molecule is CCC(CC)c1ccc2c(N)noc2c1. The minimum atomic E-state index is 0.473. The zero-order chi connectivity index (χ0) is 10.8. The molecule has 0 amide bonds. The van der Waals surface area contributed by atoms with E-state index in [-0.39, 0.29) is 0 Å². The fraction of sp³-hybridized carbons (Fsp3) is 0.417. The van der Waals surface area contributed by atoms with Crippen molar-refractivity contribution in [2.75, 3.05) is 5.73 Å². The Bertz CT molecular complexity index is 458. The second-order valence-electron chi connectivity index (χ2n) is 3.84. The van der Waals surface area contributed by atoms with E-state index < -0.39 is 0 Å². The van der Waals surface area contributed by atoms with Gasteiger partial charge in [0.25, 0.3) is 0 Å². The number of nitrogen functional groups attached to an aromatic ring is 1. The van der Waals surface area contributed by atoms with Crippen molar-refractivity contribution in [1.29, 1.82) is 0 Å². The van der Waals surface area contributed by atoms with Crippen LogP contribution in [0.3, 0.4) is 0 Å². The molecule has 1 aromatic carbocycles. The number of hydrogen-bond acceptors (Lipinski definition) is 3. The maximum absolute atomic E-state index is 5.66. The maximum Gasteiger partial charge on any atom is 0.174 e. The van der Waals surface area contributed by atoms with Crippen LogP contribution in [0.5, 0.6) is 0 Å². The Morgan fingerprint density at radius 3 is 2.73 bits per heavy atom. The van der Waals surface area contributed by atoms with Crippen molar-refractivity contribution in [2.45, 2.75) is 32.6 Å². The molecule has 2 N–H and O–H groups in total. The number of rotatable bonds is 3. The van der Waals surface area contributed by atoms with E-state index in [0.717, 1.165) is 23.8 Å². The van der Waals surface area contributed by atoms with Crippen LogP contribution in [0.1, 0.15) is 38.2 Å². The van der Waals surface area contributed by atoms with Gasteiger partial charge in [0.2, 0.25) is 0 Å². The van der Waals surface area contributed by atoms with Gasteiger partial charge in [-0.1, -0.05) is 25.1 Å². The van der Waals surface area contributed by atoms with Gasteiger partial charge in [-0.2, -0.15) is 0 Å². The third kappa shape index (κ3) is 1.69. The van der Waals surface area contributed by atoms with Crippen LogP contribution in [-0.2, 0) is 0 Å². The Morgan fingerprint density at radius 2 is 2.07 bits per heavy atom. The van der Waals surface area contributed by atoms with Crippen molar-refractivity contribution in [1.82, 2.24) is 5.16 Å². The molecule has 0 aliphatic carbocycles. The number of nitrogens with zero attached hydrogens (tertiary/aromatic N) is 1. The van der Waals surface area contributed by atoms with Crippen molar-refractivity contribution >= 4 is 16.8 Å². The van der Waals surface area contributed by atoms with Crippen LogP contribution in [0.25, 0.3) is 11.0 Å². The van der Waals surface area contributed by atoms with E-state index in [1.807, 2.05) is 6.07 Å². The highest BCUT2D eigenvalue weighted by molar-refractivity contribution is 5.87. The zero-order valence-electron chi connectivity index (χ0n) is 9.16. The predicted octanol–water partition coefficient (Wildman–Crippen LogP) is 3.31. The van der Waals surface area contributed by atoms with Crippen LogP contribution in [0, 0.1) is 0 Å². The van der Waals surface area contributed by atoms with Gasteiger partial charge in [-0.15, -0.1) is 0 Å². The first-order valence-corrected chi connectivity index (χ1v) is 5.41. The number of anilines is 1. The highest BCUT2D eigenvalue weighted by atomic mass is 16.5. The standard InChI is InChI=1S/C12H16N2O/c1-3-8(4-2)9-5-6-10-11(7-9)15-14-12(10)13/h5-8H,3-4H2,1-2H3,(H2,13,14). The van der Waals surface area contributed by atoms with E-state index in [2.05, 4.69) is 31.1 Å². The quantitative estimate of drug-likeness (QED) is 0.834. The molecule has 15 heavy (non-hydrogen) atoms. The first kappa shape index (κ1) is 10.0. The van der Waals surface area contributed by atoms with E-state index in [4.69, 9.17) is 10.3 Å². The van der Waals surface area contributed by atoms with Crippen LogP contribution in [0.4, 0.5) is 5.82 Å². The average molecular weight is 204 g/mol. The van der Waals surface area contributed by atoms with Crippen LogP contribution < -0.4 is 5.73 Å². The topological polar surface area (TPSA) is 52.0 Å². The third-order valence-corrected chi connectivity index (χ3v) is 2.98. The molecule has 0 radical (unpaired) electrons. The summed E-state index contributed by atoms with van der Waals surface area (Å²) in [6.45, 7) is 4.40. The minimum Gasteiger partial charge on any atom is -0.380 e. The monoisotopic (exact) mass is 204 g/mol. The largest absolute Gasteiger partial charge is 0.380 e. The molecule has 0 bridgehead atoms. The summed E-state index contributed by atoms with van der Waals surface area (Å²) in [6, 6.07) is 6.17. The van der Waals surface area contributed by atoms with E-state index in [9.17, 15) is 0 Å². The van der Waals surface area contributed by atoms with Gasteiger partial charge in [0.15, 0.2) is 11.4 Å². The number of benzene rings is 1. The Morgan fingerprint density at radius 1 is 1.33 bits per heavy atom. The first-order chi connectivity index (χ1) is 7.26. The molecule has 80 valence electrons. The molecule has 3 heteroatoms. The lowest BCUT2D eigenvalue weighted by Crippen LogP contribution is -1.94. The summed E-state index contributed by atoms with van der Waals surface area (Å²) in [5.41, 5.74) is 7.76. The lowest BCUT2D eigenvalue weighted by Gasteiger charge is -2.11. The van der Waals surface area contributed by atoms with E-state index in [0.29, 0.717) is 11.7 Å². The van der Waals surface area contributed by atoms with Gasteiger partial charge in [-0.05, 0) is 36.5 Å². The van der Waals surface area contributed by atoms with Crippen molar-refractivity contribution in [3.63, 3.8) is 0 Å². The Kier molecular flexibility index (Phi) is 2.62. The Balaban J connectivity index is 2.46. The molecule has 0 saturated heterocycles. The molecule has 1 heterocycles. The molecular weight excluding hydrogens is 188 g/mol. The number of nitrogens with two attached hydrogens (primary N) is 1. The summed E-state index contributed by atoms with van der Waals surface area (Å²) in [5.74, 6) is 1.07. The summed E-state index contributed by atoms with van der Waals surface area (Å²) in [6.07, 6.45) is 2.29. The van der Waals surface area contributed by atoms with Crippen molar-refractivity contribution in [3.8, 4) is 0 Å². The molecule has 0 fully saturated rings. The van der Waals surface area contributed by atoms with Gasteiger partial charge in [0.1, 0.15) is 0 Å². The second kappa shape index (κ2) is 3.93. The van der Waals surface area contributed by atoms with Crippen molar-refractivity contribution < 1.29 is 4.52 Å². The molecule has 0 aliphatic heterocycles. The van der Waals surface area contributed by atoms with Crippen LogP contribution in [0.2, 0.25) is 0 Å². The average Bonchev–Trinajstić information content (AvgIpc) is 2.62. The molecular formula is C12H16N2O. The molecule has 0 unspecified atom stereocenters. The van der Waals surface area contributed by atoms with Gasteiger partial charge < -0.3 is 10.3 Å². The molecule has 0 aliphatic rings. The van der Waals surface area contributed by atoms with Crippen LogP contribution >= 0.6 is 0 Å². The summed E-state index contributed by atoms with van der Waals surface area (Å²) in [5, 5.41) is 4.66. The van der Waals surface area contributed by atoms with Gasteiger partial charge in [-0.25, -0.2) is 0 Å². The predicted molar refractivity (Wildman–Crippen MR) is 61.7 cm³/mol.